The Hall–Kier alpha value is -2.79. The fourth-order valence-electron chi connectivity index (χ4n) is 2.37. The lowest BCUT2D eigenvalue weighted by Crippen LogP contribution is -2.09. The van der Waals surface area contributed by atoms with Crippen LogP contribution in [0.5, 0.6) is 0 Å². The minimum Gasteiger partial charge on any atom is -0.478 e. The minimum atomic E-state index is -0.960. The summed E-state index contributed by atoms with van der Waals surface area (Å²) in [6.07, 6.45) is 1.65. The summed E-state index contributed by atoms with van der Waals surface area (Å²) in [5.41, 5.74) is 6.61. The van der Waals surface area contributed by atoms with E-state index in [9.17, 15) is 4.79 Å². The molecule has 116 valence electrons. The molecule has 0 radical (unpaired) electrons. The van der Waals surface area contributed by atoms with Crippen molar-refractivity contribution in [2.75, 3.05) is 5.43 Å². The molecule has 23 heavy (non-hydrogen) atoms. The number of hydrogen-bond donors (Lipinski definition) is 2. The van der Waals surface area contributed by atoms with Crippen molar-refractivity contribution in [2.24, 2.45) is 0 Å². The van der Waals surface area contributed by atoms with Crippen molar-refractivity contribution in [2.45, 2.75) is 6.92 Å². The number of nitrogens with one attached hydrogen (secondary N) is 1. The highest BCUT2D eigenvalue weighted by atomic mass is 35.5. The minimum absolute atomic E-state index is 0.234. The van der Waals surface area contributed by atoms with Crippen LogP contribution in [0.1, 0.15) is 16.1 Å². The van der Waals surface area contributed by atoms with Crippen molar-refractivity contribution < 1.29 is 9.90 Å². The van der Waals surface area contributed by atoms with Gasteiger partial charge in [0.25, 0.3) is 0 Å². The van der Waals surface area contributed by atoms with E-state index in [-0.39, 0.29) is 5.56 Å². The zero-order chi connectivity index (χ0) is 16.4. The second-order valence-corrected chi connectivity index (χ2v) is 5.49. The smallest absolute Gasteiger partial charge is 0.335 e. The molecule has 3 aromatic rings. The van der Waals surface area contributed by atoms with E-state index in [4.69, 9.17) is 16.7 Å². The molecular weight excluding hydrogens is 314 g/mol. The number of aryl methyl sites for hydroxylation is 1. The average Bonchev–Trinajstić information content (AvgIpc) is 2.88. The molecule has 5 nitrogen and oxygen atoms in total. The molecule has 3 rings (SSSR count). The molecule has 1 aromatic heterocycles. The van der Waals surface area contributed by atoms with Gasteiger partial charge in [0.15, 0.2) is 0 Å². The van der Waals surface area contributed by atoms with E-state index in [0.29, 0.717) is 5.02 Å². The summed E-state index contributed by atoms with van der Waals surface area (Å²) in [6.45, 7) is 1.87. The Balaban J connectivity index is 2.02. The lowest BCUT2D eigenvalue weighted by atomic mass is 10.1. The Labute approximate surface area is 138 Å². The van der Waals surface area contributed by atoms with Crippen LogP contribution in [0.4, 0.5) is 5.69 Å². The number of hydrogen-bond acceptors (Lipinski definition) is 3. The fraction of sp³-hybridized carbons (Fsp3) is 0.0588. The highest BCUT2D eigenvalue weighted by molar-refractivity contribution is 6.30. The van der Waals surface area contributed by atoms with Crippen molar-refractivity contribution in [3.05, 3.63) is 71.1 Å². The van der Waals surface area contributed by atoms with Crippen LogP contribution in [0.15, 0.2) is 54.9 Å². The monoisotopic (exact) mass is 327 g/mol. The lowest BCUT2D eigenvalue weighted by molar-refractivity contribution is 0.0697. The highest BCUT2D eigenvalue weighted by Crippen LogP contribution is 2.25. The Morgan fingerprint density at radius 3 is 2.74 bits per heavy atom. The van der Waals surface area contributed by atoms with Crippen LogP contribution < -0.4 is 5.43 Å². The van der Waals surface area contributed by atoms with Crippen molar-refractivity contribution in [1.29, 1.82) is 0 Å². The van der Waals surface area contributed by atoms with Gasteiger partial charge in [0.2, 0.25) is 0 Å². The van der Waals surface area contributed by atoms with E-state index < -0.39 is 5.97 Å². The van der Waals surface area contributed by atoms with E-state index >= 15 is 0 Å². The number of imidazole rings is 1. The van der Waals surface area contributed by atoms with Crippen LogP contribution in [0.25, 0.3) is 11.3 Å². The van der Waals surface area contributed by atoms with E-state index in [1.165, 1.54) is 0 Å². The van der Waals surface area contributed by atoms with Gasteiger partial charge in [0.05, 0.1) is 22.6 Å². The summed E-state index contributed by atoms with van der Waals surface area (Å²) < 4.78 is 1.75. The van der Waals surface area contributed by atoms with Gasteiger partial charge in [-0.1, -0.05) is 29.8 Å². The first kappa shape index (κ1) is 15.1. The van der Waals surface area contributed by atoms with Crippen LogP contribution in [-0.4, -0.2) is 20.7 Å². The van der Waals surface area contributed by atoms with Crippen molar-refractivity contribution in [1.82, 2.24) is 9.66 Å². The summed E-state index contributed by atoms with van der Waals surface area (Å²) in [4.78, 5) is 15.5. The number of benzene rings is 2. The number of carboxylic acid groups (broad SMARTS) is 1. The standard InChI is InChI=1S/C17H14ClN3O2/c1-11-16(12-4-2-5-13(8-12)17(22)23)21(10-19-11)20-15-7-3-6-14(18)9-15/h2-10,20H,1H3,(H,22,23). The van der Waals surface area contributed by atoms with E-state index in [1.807, 2.05) is 25.1 Å². The predicted octanol–water partition coefficient (Wildman–Crippen LogP) is 4.09. The molecule has 2 N–H and O–H groups in total. The van der Waals surface area contributed by atoms with Gasteiger partial charge in [-0.25, -0.2) is 14.5 Å². The van der Waals surface area contributed by atoms with Crippen LogP contribution in [0, 0.1) is 6.92 Å². The first-order chi connectivity index (χ1) is 11.0. The summed E-state index contributed by atoms with van der Waals surface area (Å²) in [5, 5.41) is 9.78. The van der Waals surface area contributed by atoms with Gasteiger partial charge in [-0.2, -0.15) is 0 Å². The van der Waals surface area contributed by atoms with E-state index in [0.717, 1.165) is 22.6 Å². The Kier molecular flexibility index (Phi) is 4.04. The molecule has 1 heterocycles. The van der Waals surface area contributed by atoms with Crippen molar-refractivity contribution in [3.8, 4) is 11.3 Å². The lowest BCUT2D eigenvalue weighted by Gasteiger charge is -2.12. The van der Waals surface area contributed by atoms with Crippen LogP contribution in [-0.2, 0) is 0 Å². The third-order valence-electron chi connectivity index (χ3n) is 3.41. The van der Waals surface area contributed by atoms with Crippen molar-refractivity contribution >= 4 is 23.3 Å². The molecule has 0 aliphatic heterocycles. The van der Waals surface area contributed by atoms with Gasteiger partial charge in [-0.05, 0) is 37.3 Å². The molecule has 0 fully saturated rings. The highest BCUT2D eigenvalue weighted by Gasteiger charge is 2.12. The van der Waals surface area contributed by atoms with Gasteiger partial charge in [0.1, 0.15) is 6.33 Å². The molecule has 0 bridgehead atoms. The zero-order valence-corrected chi connectivity index (χ0v) is 13.1. The first-order valence-corrected chi connectivity index (χ1v) is 7.32. The second-order valence-electron chi connectivity index (χ2n) is 5.06. The average molecular weight is 328 g/mol. The molecule has 0 atom stereocenters. The molecule has 0 saturated carbocycles. The maximum Gasteiger partial charge on any atom is 0.335 e. The number of aromatic carboxylic acids is 1. The topological polar surface area (TPSA) is 67.2 Å². The number of rotatable bonds is 4. The maximum absolute atomic E-state index is 11.2. The largest absolute Gasteiger partial charge is 0.478 e. The number of halogens is 1. The number of anilines is 1. The Morgan fingerprint density at radius 1 is 1.22 bits per heavy atom. The zero-order valence-electron chi connectivity index (χ0n) is 12.3. The number of carboxylic acids is 1. The predicted molar refractivity (Wildman–Crippen MR) is 89.8 cm³/mol. The molecule has 2 aromatic carbocycles. The number of nitrogens with zero attached hydrogens (tertiary/aromatic N) is 2. The number of aromatic nitrogens is 2. The van der Waals surface area contributed by atoms with Crippen molar-refractivity contribution in [3.63, 3.8) is 0 Å². The normalized spacial score (nSPS) is 10.5. The fourth-order valence-corrected chi connectivity index (χ4v) is 2.56. The van der Waals surface area contributed by atoms with Gasteiger partial charge in [-0.3, -0.25) is 5.43 Å². The SMILES string of the molecule is Cc1ncn(Nc2cccc(Cl)c2)c1-c1cccc(C(=O)O)c1. The quantitative estimate of drug-likeness (QED) is 0.757. The van der Waals surface area contributed by atoms with E-state index in [1.54, 1.807) is 41.3 Å². The van der Waals surface area contributed by atoms with Crippen LogP contribution in [0.3, 0.4) is 0 Å². The van der Waals surface area contributed by atoms with Gasteiger partial charge >= 0.3 is 5.97 Å². The third kappa shape index (κ3) is 3.19. The third-order valence-corrected chi connectivity index (χ3v) is 3.64. The summed E-state index contributed by atoms with van der Waals surface area (Å²) >= 11 is 6.00. The van der Waals surface area contributed by atoms with Gasteiger partial charge in [-0.15, -0.1) is 0 Å². The second kappa shape index (κ2) is 6.14. The molecule has 0 saturated heterocycles. The van der Waals surface area contributed by atoms with Crippen LogP contribution >= 0.6 is 11.6 Å². The molecule has 0 unspecified atom stereocenters. The molecule has 6 heteroatoms. The molecule has 0 amide bonds. The summed E-state index contributed by atoms with van der Waals surface area (Å²) in [5.74, 6) is -0.960. The Morgan fingerprint density at radius 2 is 2.00 bits per heavy atom. The van der Waals surface area contributed by atoms with Crippen LogP contribution in [0.2, 0.25) is 5.02 Å². The Bertz CT molecular complexity index is 874. The first-order valence-electron chi connectivity index (χ1n) is 6.95. The molecule has 0 spiro atoms. The van der Waals surface area contributed by atoms with Gasteiger partial charge < -0.3 is 5.11 Å². The molecule has 0 aliphatic rings. The van der Waals surface area contributed by atoms with E-state index in [2.05, 4.69) is 10.4 Å². The maximum atomic E-state index is 11.2. The molecule has 0 aliphatic carbocycles. The van der Waals surface area contributed by atoms with Gasteiger partial charge in [0, 0.05) is 10.6 Å². The number of carbonyl (C=O) groups is 1. The molecular formula is C17H14ClN3O2. The summed E-state index contributed by atoms with van der Waals surface area (Å²) in [7, 11) is 0. The summed E-state index contributed by atoms with van der Waals surface area (Å²) in [6, 6.07) is 14.1.